The molecule has 102 valence electrons. The number of phenols is 1. The second-order valence-electron chi connectivity index (χ2n) is 5.05. The maximum absolute atomic E-state index is 12.2. The van der Waals surface area contributed by atoms with Crippen molar-refractivity contribution in [2.45, 2.75) is 37.5 Å². The van der Waals surface area contributed by atoms with Gasteiger partial charge in [0.05, 0.1) is 30.9 Å². The predicted octanol–water partition coefficient (Wildman–Crippen LogP) is 1.45. The van der Waals surface area contributed by atoms with Crippen LogP contribution in [0.15, 0.2) is 18.2 Å². The summed E-state index contributed by atoms with van der Waals surface area (Å²) in [6.45, 7) is 0. The summed E-state index contributed by atoms with van der Waals surface area (Å²) < 4.78 is 10.7. The van der Waals surface area contributed by atoms with Gasteiger partial charge in [0.1, 0.15) is 0 Å². The average molecular weight is 263 g/mol. The Morgan fingerprint density at radius 2 is 2.32 bits per heavy atom. The Kier molecular flexibility index (Phi) is 3.06. The first-order valence-corrected chi connectivity index (χ1v) is 6.51. The summed E-state index contributed by atoms with van der Waals surface area (Å²) in [5, 5.41) is 12.9. The maximum Gasteiger partial charge on any atom is 0.255 e. The van der Waals surface area contributed by atoms with E-state index >= 15 is 0 Å². The SMILES string of the molecule is COc1cccc(C(=O)N[C@@H]2C[C@H]3CC[C@@H]2O3)c1O. The molecule has 0 spiro atoms. The number of carbonyl (C=O) groups excluding carboxylic acids is 1. The van der Waals surface area contributed by atoms with Crippen molar-refractivity contribution < 1.29 is 19.4 Å². The molecule has 0 saturated carbocycles. The van der Waals surface area contributed by atoms with E-state index in [0.29, 0.717) is 5.75 Å². The maximum atomic E-state index is 12.2. The smallest absolute Gasteiger partial charge is 0.255 e. The highest BCUT2D eigenvalue weighted by atomic mass is 16.5. The number of para-hydroxylation sites is 1. The Hall–Kier alpha value is -1.75. The number of nitrogens with one attached hydrogen (secondary N) is 1. The summed E-state index contributed by atoms with van der Waals surface area (Å²) in [6.07, 6.45) is 3.36. The molecule has 0 aromatic heterocycles. The highest BCUT2D eigenvalue weighted by molar-refractivity contribution is 5.97. The number of fused-ring (bicyclic) bond motifs is 2. The largest absolute Gasteiger partial charge is 0.504 e. The van der Waals surface area contributed by atoms with Gasteiger partial charge >= 0.3 is 0 Å². The van der Waals surface area contributed by atoms with Crippen molar-refractivity contribution in [1.29, 1.82) is 0 Å². The van der Waals surface area contributed by atoms with Gasteiger partial charge in [-0.15, -0.1) is 0 Å². The molecule has 1 amide bonds. The second kappa shape index (κ2) is 4.74. The van der Waals surface area contributed by atoms with Crippen molar-refractivity contribution in [2.75, 3.05) is 7.11 Å². The highest BCUT2D eigenvalue weighted by Crippen LogP contribution is 2.35. The predicted molar refractivity (Wildman–Crippen MR) is 68.4 cm³/mol. The molecule has 2 heterocycles. The minimum Gasteiger partial charge on any atom is -0.504 e. The summed E-state index contributed by atoms with van der Waals surface area (Å²) in [4.78, 5) is 12.2. The van der Waals surface area contributed by atoms with Gasteiger partial charge in [-0.3, -0.25) is 4.79 Å². The highest BCUT2D eigenvalue weighted by Gasteiger charge is 2.41. The van der Waals surface area contributed by atoms with Crippen molar-refractivity contribution in [3.8, 4) is 11.5 Å². The zero-order valence-corrected chi connectivity index (χ0v) is 10.8. The molecule has 5 nitrogen and oxygen atoms in total. The Balaban J connectivity index is 1.74. The molecule has 19 heavy (non-hydrogen) atoms. The Labute approximate surface area is 111 Å². The molecule has 0 aliphatic carbocycles. The molecule has 3 rings (SSSR count). The van der Waals surface area contributed by atoms with E-state index in [1.807, 2.05) is 0 Å². The summed E-state index contributed by atoms with van der Waals surface area (Å²) in [5.41, 5.74) is 0.238. The third kappa shape index (κ3) is 2.14. The number of benzene rings is 1. The lowest BCUT2D eigenvalue weighted by Gasteiger charge is -2.20. The molecule has 2 fully saturated rings. The molecular formula is C14H17NO4. The van der Waals surface area contributed by atoms with Crippen LogP contribution in [0.5, 0.6) is 11.5 Å². The van der Waals surface area contributed by atoms with Crippen molar-refractivity contribution in [3.63, 3.8) is 0 Å². The first-order valence-electron chi connectivity index (χ1n) is 6.51. The van der Waals surface area contributed by atoms with E-state index in [1.165, 1.54) is 7.11 Å². The van der Waals surface area contributed by atoms with Gasteiger partial charge in [0.15, 0.2) is 11.5 Å². The number of methoxy groups -OCH3 is 1. The topological polar surface area (TPSA) is 67.8 Å². The van der Waals surface area contributed by atoms with Gasteiger partial charge < -0.3 is 19.9 Å². The Bertz CT molecular complexity index is 502. The van der Waals surface area contributed by atoms with Crippen LogP contribution < -0.4 is 10.1 Å². The van der Waals surface area contributed by atoms with E-state index in [2.05, 4.69) is 5.32 Å². The zero-order valence-electron chi connectivity index (χ0n) is 10.8. The lowest BCUT2D eigenvalue weighted by Crippen LogP contribution is -2.41. The molecular weight excluding hydrogens is 246 g/mol. The molecule has 0 unspecified atom stereocenters. The quantitative estimate of drug-likeness (QED) is 0.866. The van der Waals surface area contributed by atoms with E-state index in [4.69, 9.17) is 9.47 Å². The van der Waals surface area contributed by atoms with E-state index in [1.54, 1.807) is 18.2 Å². The van der Waals surface area contributed by atoms with Gasteiger partial charge in [-0.05, 0) is 31.4 Å². The first kappa shape index (κ1) is 12.3. The number of aromatic hydroxyl groups is 1. The van der Waals surface area contributed by atoms with Crippen molar-refractivity contribution in [2.24, 2.45) is 0 Å². The lowest BCUT2D eigenvalue weighted by molar-refractivity contribution is 0.0838. The number of rotatable bonds is 3. The molecule has 2 bridgehead atoms. The number of amides is 1. The number of phenolic OH excluding ortho intramolecular Hbond substituents is 1. The number of hydrogen-bond acceptors (Lipinski definition) is 4. The Morgan fingerprint density at radius 3 is 2.95 bits per heavy atom. The van der Waals surface area contributed by atoms with E-state index in [-0.39, 0.29) is 35.5 Å². The Morgan fingerprint density at radius 1 is 1.47 bits per heavy atom. The van der Waals surface area contributed by atoms with Crippen LogP contribution in [0.25, 0.3) is 0 Å². The minimum absolute atomic E-state index is 0.0526. The molecule has 2 N–H and O–H groups in total. The molecule has 2 aliphatic heterocycles. The number of hydrogen-bond donors (Lipinski definition) is 2. The van der Waals surface area contributed by atoms with Crippen LogP contribution in [0.3, 0.4) is 0 Å². The van der Waals surface area contributed by atoms with Crippen LogP contribution in [-0.4, -0.2) is 36.4 Å². The van der Waals surface area contributed by atoms with Gasteiger partial charge in [-0.2, -0.15) is 0 Å². The molecule has 5 heteroatoms. The van der Waals surface area contributed by atoms with Gasteiger partial charge in [-0.25, -0.2) is 0 Å². The summed E-state index contributed by atoms with van der Waals surface area (Å²) in [5.74, 6) is -0.0963. The van der Waals surface area contributed by atoms with Crippen LogP contribution in [0.2, 0.25) is 0 Å². The molecule has 2 aliphatic rings. The number of ether oxygens (including phenoxy) is 2. The second-order valence-corrected chi connectivity index (χ2v) is 5.05. The lowest BCUT2D eigenvalue weighted by atomic mass is 9.95. The molecule has 1 aromatic rings. The van der Waals surface area contributed by atoms with Crippen LogP contribution in [-0.2, 0) is 4.74 Å². The van der Waals surface area contributed by atoms with E-state index in [9.17, 15) is 9.90 Å². The summed E-state index contributed by atoms with van der Waals surface area (Å²) in [6, 6.07) is 4.94. The van der Waals surface area contributed by atoms with E-state index in [0.717, 1.165) is 19.3 Å². The summed E-state index contributed by atoms with van der Waals surface area (Å²) >= 11 is 0. The molecule has 2 saturated heterocycles. The van der Waals surface area contributed by atoms with Gasteiger partial charge in [-0.1, -0.05) is 6.07 Å². The van der Waals surface area contributed by atoms with Crippen molar-refractivity contribution >= 4 is 5.91 Å². The van der Waals surface area contributed by atoms with Crippen LogP contribution in [0.4, 0.5) is 0 Å². The van der Waals surface area contributed by atoms with Crippen LogP contribution in [0, 0.1) is 0 Å². The third-order valence-electron chi connectivity index (χ3n) is 3.89. The van der Waals surface area contributed by atoms with Crippen molar-refractivity contribution in [3.05, 3.63) is 23.8 Å². The molecule has 1 aromatic carbocycles. The fourth-order valence-corrected chi connectivity index (χ4v) is 2.91. The normalized spacial score (nSPS) is 28.4. The van der Waals surface area contributed by atoms with Crippen molar-refractivity contribution in [1.82, 2.24) is 5.32 Å². The van der Waals surface area contributed by atoms with Crippen LogP contribution >= 0.6 is 0 Å². The van der Waals surface area contributed by atoms with Gasteiger partial charge in [0.25, 0.3) is 5.91 Å². The van der Waals surface area contributed by atoms with Gasteiger partial charge in [0, 0.05) is 0 Å². The zero-order chi connectivity index (χ0) is 13.4. The fraction of sp³-hybridized carbons (Fsp3) is 0.500. The monoisotopic (exact) mass is 263 g/mol. The molecule has 0 radical (unpaired) electrons. The fourth-order valence-electron chi connectivity index (χ4n) is 2.91. The summed E-state index contributed by atoms with van der Waals surface area (Å²) in [7, 11) is 1.46. The number of carbonyl (C=O) groups is 1. The molecule has 3 atom stereocenters. The van der Waals surface area contributed by atoms with Gasteiger partial charge in [0.2, 0.25) is 0 Å². The average Bonchev–Trinajstić information content (AvgIpc) is 3.01. The third-order valence-corrected chi connectivity index (χ3v) is 3.89. The minimum atomic E-state index is -0.280. The van der Waals surface area contributed by atoms with E-state index < -0.39 is 0 Å². The van der Waals surface area contributed by atoms with Crippen LogP contribution in [0.1, 0.15) is 29.6 Å². The standard InChI is InChI=1S/C14H17NO4/c1-18-12-4-2-3-9(13(12)16)14(17)15-10-7-8-5-6-11(10)19-8/h2-4,8,10-11,16H,5-7H2,1H3,(H,15,17)/t8-,10-,11+/m1/s1. The first-order chi connectivity index (χ1) is 9.19.